The monoisotopic (exact) mass is 682 g/mol. The van der Waals surface area contributed by atoms with E-state index in [1.54, 1.807) is 12.1 Å². The summed E-state index contributed by atoms with van der Waals surface area (Å²) >= 11 is 0. The van der Waals surface area contributed by atoms with Crippen LogP contribution in [0.25, 0.3) is 32.6 Å². The number of para-hydroxylation sites is 1. The van der Waals surface area contributed by atoms with Crippen LogP contribution in [0.5, 0.6) is 5.75 Å². The highest BCUT2D eigenvalue weighted by molar-refractivity contribution is 6.27. The van der Waals surface area contributed by atoms with Crippen molar-refractivity contribution in [2.24, 2.45) is 5.16 Å². The molecule has 1 aromatic heterocycles. The number of ether oxygens (including phenoxy) is 1. The summed E-state index contributed by atoms with van der Waals surface area (Å²) in [6.45, 7) is 8.08. The van der Waals surface area contributed by atoms with Crippen molar-refractivity contribution in [1.29, 1.82) is 0 Å². The first kappa shape index (κ1) is 34.4. The van der Waals surface area contributed by atoms with Gasteiger partial charge in [0, 0.05) is 57.4 Å². The van der Waals surface area contributed by atoms with Crippen LogP contribution in [0.15, 0.2) is 90.1 Å². The Bertz CT molecular complexity index is 2320. The van der Waals surface area contributed by atoms with Crippen LogP contribution in [-0.2, 0) is 16.2 Å². The van der Waals surface area contributed by atoms with E-state index in [1.165, 1.54) is 18.2 Å². The Morgan fingerprint density at radius 2 is 1.48 bits per heavy atom. The number of carbonyl (C=O) groups excluding carboxylic acids is 2. The molecule has 6 nitrogen and oxygen atoms in total. The van der Waals surface area contributed by atoms with E-state index in [9.17, 15) is 27.2 Å². The second-order valence-corrected chi connectivity index (χ2v) is 12.3. The van der Waals surface area contributed by atoms with Crippen LogP contribution in [0.1, 0.15) is 57.6 Å². The average Bonchev–Trinajstić information content (AvgIpc) is 3.40. The molecular formula is C40H34F4N2O4. The molecule has 0 aliphatic carbocycles. The Morgan fingerprint density at radius 3 is 2.14 bits per heavy atom. The summed E-state index contributed by atoms with van der Waals surface area (Å²) in [6.07, 6.45) is -3.92. The zero-order chi connectivity index (χ0) is 35.9. The molecule has 256 valence electrons. The van der Waals surface area contributed by atoms with Gasteiger partial charge in [0.15, 0.2) is 12.4 Å². The summed E-state index contributed by atoms with van der Waals surface area (Å²) in [5.41, 5.74) is 6.41. The summed E-state index contributed by atoms with van der Waals surface area (Å²) in [5.74, 6) is -5.38. The first-order valence-corrected chi connectivity index (χ1v) is 16.1. The predicted molar refractivity (Wildman–Crippen MR) is 187 cm³/mol. The SMILES string of the molecule is CCn1c2ccc(/C(=N/OC(C)=O)c3ccccc3OCC(F)(F)C(F)F)cc2c2cc(C(=O)c3c(C)cc(C)cc3C)c3ccccc3c21. The van der Waals surface area contributed by atoms with E-state index in [1.807, 2.05) is 82.3 Å². The average molecular weight is 683 g/mol. The number of rotatable bonds is 10. The van der Waals surface area contributed by atoms with Crippen molar-refractivity contribution in [3.05, 3.63) is 124 Å². The van der Waals surface area contributed by atoms with E-state index >= 15 is 0 Å². The number of benzene rings is 5. The molecular weight excluding hydrogens is 648 g/mol. The summed E-state index contributed by atoms with van der Waals surface area (Å²) in [5, 5.41) is 7.32. The molecule has 10 heteroatoms. The van der Waals surface area contributed by atoms with Gasteiger partial charge in [0.05, 0.1) is 5.52 Å². The van der Waals surface area contributed by atoms with Gasteiger partial charge in [0.1, 0.15) is 11.5 Å². The van der Waals surface area contributed by atoms with Gasteiger partial charge in [-0.3, -0.25) is 4.79 Å². The van der Waals surface area contributed by atoms with Crippen LogP contribution >= 0.6 is 0 Å². The minimum Gasteiger partial charge on any atom is -0.486 e. The van der Waals surface area contributed by atoms with Crippen molar-refractivity contribution in [2.45, 2.75) is 53.5 Å². The molecule has 0 aliphatic rings. The van der Waals surface area contributed by atoms with Gasteiger partial charge >= 0.3 is 18.3 Å². The molecule has 6 aromatic rings. The molecule has 0 amide bonds. The molecule has 0 N–H and O–H groups in total. The number of hydrogen-bond acceptors (Lipinski definition) is 5. The van der Waals surface area contributed by atoms with Crippen molar-refractivity contribution >= 4 is 50.0 Å². The van der Waals surface area contributed by atoms with Crippen LogP contribution in [0.4, 0.5) is 17.6 Å². The van der Waals surface area contributed by atoms with Gasteiger partial charge < -0.3 is 14.1 Å². The fourth-order valence-electron chi connectivity index (χ4n) is 6.69. The minimum absolute atomic E-state index is 0.0541. The first-order chi connectivity index (χ1) is 23.8. The summed E-state index contributed by atoms with van der Waals surface area (Å²) in [6, 6.07) is 25.1. The van der Waals surface area contributed by atoms with Gasteiger partial charge in [0.25, 0.3) is 0 Å². The van der Waals surface area contributed by atoms with E-state index in [0.29, 0.717) is 23.2 Å². The van der Waals surface area contributed by atoms with Gasteiger partial charge in [-0.05, 0) is 74.5 Å². The molecule has 0 radical (unpaired) electrons. The number of carbonyl (C=O) groups is 2. The van der Waals surface area contributed by atoms with Gasteiger partial charge in [-0.1, -0.05) is 65.3 Å². The summed E-state index contributed by atoms with van der Waals surface area (Å²) < 4.78 is 61.0. The standard InChI is InChI=1S/C40H34F4N2O4/c1-6-46-33-16-15-26(36(45-50-25(5)47)29-13-9-10-14-34(29)49-21-40(43,44)39(41)42)19-30(33)31-20-32(27-11-7-8-12-28(27)37(31)46)38(48)35-23(3)17-22(2)18-24(35)4/h7-20,39H,6,21H2,1-5H3/b45-36-. The molecule has 0 aliphatic heterocycles. The van der Waals surface area contributed by atoms with Crippen LogP contribution in [0.2, 0.25) is 0 Å². The Kier molecular flexibility index (Phi) is 9.22. The van der Waals surface area contributed by atoms with E-state index in [4.69, 9.17) is 9.57 Å². The summed E-state index contributed by atoms with van der Waals surface area (Å²) in [4.78, 5) is 31.3. The lowest BCUT2D eigenvalue weighted by atomic mass is 9.89. The Morgan fingerprint density at radius 1 is 0.820 bits per heavy atom. The van der Waals surface area contributed by atoms with Crippen LogP contribution in [-0.4, -0.2) is 41.0 Å². The number of ketones is 1. The highest BCUT2D eigenvalue weighted by atomic mass is 19.3. The lowest BCUT2D eigenvalue weighted by Gasteiger charge is -2.18. The number of halogens is 4. The Balaban J connectivity index is 1.59. The van der Waals surface area contributed by atoms with Gasteiger partial charge in [-0.15, -0.1) is 0 Å². The first-order valence-electron chi connectivity index (χ1n) is 16.1. The third kappa shape index (κ3) is 6.21. The molecule has 1 heterocycles. The highest BCUT2D eigenvalue weighted by Crippen LogP contribution is 2.39. The van der Waals surface area contributed by atoms with Gasteiger partial charge in [-0.25, -0.2) is 13.6 Å². The maximum Gasteiger partial charge on any atom is 0.340 e. The van der Waals surface area contributed by atoms with E-state index in [-0.39, 0.29) is 22.8 Å². The second kappa shape index (κ2) is 13.4. The molecule has 6 rings (SSSR count). The number of nitrogens with zero attached hydrogens (tertiary/aromatic N) is 2. The van der Waals surface area contributed by atoms with Gasteiger partial charge in [0.2, 0.25) is 0 Å². The molecule has 0 atom stereocenters. The van der Waals surface area contributed by atoms with Gasteiger partial charge in [-0.2, -0.15) is 8.78 Å². The van der Waals surface area contributed by atoms with E-state index in [0.717, 1.165) is 56.2 Å². The molecule has 0 spiro atoms. The minimum atomic E-state index is -4.39. The van der Waals surface area contributed by atoms with E-state index < -0.39 is 24.9 Å². The lowest BCUT2D eigenvalue weighted by molar-refractivity contribution is -0.148. The topological polar surface area (TPSA) is 69.9 Å². The maximum absolute atomic E-state index is 14.4. The van der Waals surface area contributed by atoms with Crippen molar-refractivity contribution in [3.63, 3.8) is 0 Å². The largest absolute Gasteiger partial charge is 0.486 e. The second-order valence-electron chi connectivity index (χ2n) is 12.3. The fraction of sp³-hybridized carbons (Fsp3) is 0.225. The third-order valence-corrected chi connectivity index (χ3v) is 8.75. The normalized spacial score (nSPS) is 12.3. The molecule has 5 aromatic carbocycles. The van der Waals surface area contributed by atoms with Crippen molar-refractivity contribution < 1.29 is 36.7 Å². The van der Waals surface area contributed by atoms with Crippen molar-refractivity contribution in [3.8, 4) is 5.75 Å². The molecule has 0 saturated heterocycles. The highest BCUT2D eigenvalue weighted by Gasteiger charge is 2.42. The number of aryl methyl sites for hydroxylation is 4. The zero-order valence-corrected chi connectivity index (χ0v) is 28.1. The van der Waals surface area contributed by atoms with Crippen molar-refractivity contribution in [1.82, 2.24) is 4.57 Å². The maximum atomic E-state index is 14.4. The number of aromatic nitrogens is 1. The molecule has 0 fully saturated rings. The zero-order valence-electron chi connectivity index (χ0n) is 28.1. The number of hydrogen-bond donors (Lipinski definition) is 0. The number of alkyl halides is 4. The quantitative estimate of drug-likeness (QED) is 0.0474. The summed E-state index contributed by atoms with van der Waals surface area (Å²) in [7, 11) is 0. The van der Waals surface area contributed by atoms with Crippen LogP contribution in [0.3, 0.4) is 0 Å². The van der Waals surface area contributed by atoms with E-state index in [2.05, 4.69) is 9.72 Å². The smallest absolute Gasteiger partial charge is 0.340 e. The van der Waals surface area contributed by atoms with Crippen LogP contribution < -0.4 is 4.74 Å². The molecule has 0 saturated carbocycles. The third-order valence-electron chi connectivity index (χ3n) is 8.75. The number of fused-ring (bicyclic) bond motifs is 5. The molecule has 50 heavy (non-hydrogen) atoms. The molecule has 0 unspecified atom stereocenters. The predicted octanol–water partition coefficient (Wildman–Crippen LogP) is 9.72. The Labute approximate surface area is 285 Å². The van der Waals surface area contributed by atoms with Crippen LogP contribution in [0, 0.1) is 20.8 Å². The Hall–Kier alpha value is -5.51. The fourth-order valence-corrected chi connectivity index (χ4v) is 6.69. The molecule has 0 bridgehead atoms. The number of oxime groups is 1. The lowest BCUT2D eigenvalue weighted by Crippen LogP contribution is -2.34. The van der Waals surface area contributed by atoms with Crippen molar-refractivity contribution in [2.75, 3.05) is 6.61 Å².